The molecule has 0 amide bonds. The largest absolute Gasteiger partial charge is 0.340 e. The lowest BCUT2D eigenvalue weighted by Gasteiger charge is -2.21. The molecule has 0 radical (unpaired) electrons. The van der Waals surface area contributed by atoms with Crippen molar-refractivity contribution >= 4 is 11.3 Å². The third kappa shape index (κ3) is 1.42. The second kappa shape index (κ2) is 3.32. The molecule has 0 aliphatic carbocycles. The second-order valence-corrected chi connectivity index (χ2v) is 4.50. The minimum Gasteiger partial charge on any atom is -0.303 e. The predicted octanol–water partition coefficient (Wildman–Crippen LogP) is 0.395. The van der Waals surface area contributed by atoms with Crippen LogP contribution in [0.25, 0.3) is 0 Å². The molecule has 3 N–H and O–H groups in total. The van der Waals surface area contributed by atoms with Gasteiger partial charge in [-0.25, -0.2) is 9.89 Å². The molecule has 5 nitrogen and oxygen atoms in total. The zero-order chi connectivity index (χ0) is 10.3. The maximum atomic E-state index is 11.0. The molecule has 2 aromatic rings. The van der Waals surface area contributed by atoms with E-state index in [-0.39, 0.29) is 11.7 Å². The Kier molecular flexibility index (Phi) is 1.96. The van der Waals surface area contributed by atoms with Gasteiger partial charge in [-0.1, -0.05) is 0 Å². The SMILES string of the molecule is O=c1[nH]nc(C2NCCc3sccc32)[nH]1. The molecule has 15 heavy (non-hydrogen) atoms. The Balaban J connectivity index is 2.06. The zero-order valence-corrected chi connectivity index (χ0v) is 8.73. The van der Waals surface area contributed by atoms with E-state index in [0.29, 0.717) is 5.82 Å². The summed E-state index contributed by atoms with van der Waals surface area (Å²) < 4.78 is 0. The number of hydrogen-bond donors (Lipinski definition) is 3. The summed E-state index contributed by atoms with van der Waals surface area (Å²) in [4.78, 5) is 15.1. The van der Waals surface area contributed by atoms with Crippen molar-refractivity contribution in [1.82, 2.24) is 20.5 Å². The van der Waals surface area contributed by atoms with Gasteiger partial charge in [0.1, 0.15) is 0 Å². The molecular formula is C9H10N4OS. The van der Waals surface area contributed by atoms with Crippen LogP contribution in [0.3, 0.4) is 0 Å². The molecule has 0 bridgehead atoms. The van der Waals surface area contributed by atoms with Gasteiger partial charge < -0.3 is 5.32 Å². The van der Waals surface area contributed by atoms with Crippen LogP contribution >= 0.6 is 11.3 Å². The molecule has 0 saturated carbocycles. The van der Waals surface area contributed by atoms with E-state index in [4.69, 9.17) is 0 Å². The lowest BCUT2D eigenvalue weighted by Crippen LogP contribution is -2.30. The first-order valence-electron chi connectivity index (χ1n) is 4.79. The molecule has 0 fully saturated rings. The quantitative estimate of drug-likeness (QED) is 0.653. The average molecular weight is 222 g/mol. The molecule has 1 unspecified atom stereocenters. The third-order valence-corrected chi connectivity index (χ3v) is 3.58. The average Bonchev–Trinajstić information content (AvgIpc) is 2.84. The number of fused-ring (bicyclic) bond motifs is 1. The molecule has 0 aromatic carbocycles. The second-order valence-electron chi connectivity index (χ2n) is 3.50. The van der Waals surface area contributed by atoms with Gasteiger partial charge >= 0.3 is 5.69 Å². The summed E-state index contributed by atoms with van der Waals surface area (Å²) in [5.41, 5.74) is 0.975. The van der Waals surface area contributed by atoms with Crippen LogP contribution in [0.4, 0.5) is 0 Å². The van der Waals surface area contributed by atoms with Crippen LogP contribution in [0.15, 0.2) is 16.2 Å². The number of H-pyrrole nitrogens is 2. The standard InChI is InChI=1S/C9H10N4OS/c14-9-11-8(12-13-9)7-5-2-4-15-6(5)1-3-10-7/h2,4,7,10H,1,3H2,(H2,11,12,13,14). The third-order valence-electron chi connectivity index (χ3n) is 2.58. The van der Waals surface area contributed by atoms with Gasteiger partial charge in [-0.15, -0.1) is 11.3 Å². The molecule has 6 heteroatoms. The highest BCUT2D eigenvalue weighted by molar-refractivity contribution is 7.10. The Morgan fingerprint density at radius 2 is 2.47 bits per heavy atom. The Labute approximate surface area is 89.5 Å². The molecule has 3 heterocycles. The summed E-state index contributed by atoms with van der Waals surface area (Å²) in [6, 6.07) is 2.11. The summed E-state index contributed by atoms with van der Waals surface area (Å²) in [6.07, 6.45) is 1.05. The summed E-state index contributed by atoms with van der Waals surface area (Å²) in [5.74, 6) is 0.666. The fourth-order valence-electron chi connectivity index (χ4n) is 1.91. The van der Waals surface area contributed by atoms with E-state index in [1.165, 1.54) is 10.4 Å². The number of hydrogen-bond acceptors (Lipinski definition) is 4. The maximum Gasteiger partial charge on any atom is 0.340 e. The molecule has 2 aromatic heterocycles. The van der Waals surface area contributed by atoms with Gasteiger partial charge in [-0.2, -0.15) is 5.10 Å². The Hall–Kier alpha value is -1.40. The topological polar surface area (TPSA) is 73.6 Å². The first kappa shape index (κ1) is 8.87. The van der Waals surface area contributed by atoms with E-state index in [2.05, 4.69) is 31.9 Å². The highest BCUT2D eigenvalue weighted by Gasteiger charge is 2.24. The Morgan fingerprint density at radius 1 is 1.53 bits per heavy atom. The van der Waals surface area contributed by atoms with Gasteiger partial charge in [0.2, 0.25) is 0 Å². The number of rotatable bonds is 1. The van der Waals surface area contributed by atoms with Gasteiger partial charge in [0.25, 0.3) is 0 Å². The van der Waals surface area contributed by atoms with Crippen LogP contribution in [0.1, 0.15) is 22.3 Å². The predicted molar refractivity (Wildman–Crippen MR) is 57.1 cm³/mol. The van der Waals surface area contributed by atoms with E-state index < -0.39 is 0 Å². The monoisotopic (exact) mass is 222 g/mol. The van der Waals surface area contributed by atoms with Gasteiger partial charge in [-0.3, -0.25) is 4.98 Å². The first-order valence-corrected chi connectivity index (χ1v) is 5.67. The van der Waals surface area contributed by atoms with Crippen molar-refractivity contribution in [2.75, 3.05) is 6.54 Å². The van der Waals surface area contributed by atoms with Crippen molar-refractivity contribution in [3.63, 3.8) is 0 Å². The van der Waals surface area contributed by atoms with Crippen molar-refractivity contribution in [3.05, 3.63) is 38.2 Å². The van der Waals surface area contributed by atoms with E-state index in [1.807, 2.05) is 0 Å². The molecule has 78 valence electrons. The Morgan fingerprint density at radius 3 is 3.27 bits per heavy atom. The van der Waals surface area contributed by atoms with Gasteiger partial charge in [0.05, 0.1) is 6.04 Å². The van der Waals surface area contributed by atoms with Crippen molar-refractivity contribution in [1.29, 1.82) is 0 Å². The number of aromatic nitrogens is 3. The number of nitrogens with zero attached hydrogens (tertiary/aromatic N) is 1. The van der Waals surface area contributed by atoms with Crippen LogP contribution in [-0.4, -0.2) is 21.7 Å². The normalized spacial score (nSPS) is 20.1. The van der Waals surface area contributed by atoms with Crippen LogP contribution in [0, 0.1) is 0 Å². The van der Waals surface area contributed by atoms with Crippen molar-refractivity contribution in [2.45, 2.75) is 12.5 Å². The lowest BCUT2D eigenvalue weighted by molar-refractivity contribution is 0.551. The van der Waals surface area contributed by atoms with Crippen LogP contribution < -0.4 is 11.0 Å². The van der Waals surface area contributed by atoms with E-state index in [1.54, 1.807) is 11.3 Å². The van der Waals surface area contributed by atoms with Gasteiger partial charge in [-0.05, 0) is 23.4 Å². The van der Waals surface area contributed by atoms with Crippen LogP contribution in [-0.2, 0) is 6.42 Å². The number of nitrogens with one attached hydrogen (secondary N) is 3. The Bertz CT molecular complexity index is 526. The highest BCUT2D eigenvalue weighted by atomic mass is 32.1. The minimum absolute atomic E-state index is 0.0268. The van der Waals surface area contributed by atoms with Crippen molar-refractivity contribution in [3.8, 4) is 0 Å². The van der Waals surface area contributed by atoms with Crippen LogP contribution in [0.2, 0.25) is 0 Å². The van der Waals surface area contributed by atoms with Crippen molar-refractivity contribution < 1.29 is 0 Å². The number of aromatic amines is 2. The van der Waals surface area contributed by atoms with E-state index in [9.17, 15) is 4.79 Å². The number of thiophene rings is 1. The van der Waals surface area contributed by atoms with E-state index in [0.717, 1.165) is 13.0 Å². The fourth-order valence-corrected chi connectivity index (χ4v) is 2.84. The zero-order valence-electron chi connectivity index (χ0n) is 7.91. The van der Waals surface area contributed by atoms with Crippen LogP contribution in [0.5, 0.6) is 0 Å². The molecular weight excluding hydrogens is 212 g/mol. The summed E-state index contributed by atoms with van der Waals surface area (Å²) in [7, 11) is 0. The maximum absolute atomic E-state index is 11.0. The summed E-state index contributed by atoms with van der Waals surface area (Å²) >= 11 is 1.76. The van der Waals surface area contributed by atoms with Gasteiger partial charge in [0.15, 0.2) is 5.82 Å². The molecule has 0 spiro atoms. The van der Waals surface area contributed by atoms with Crippen molar-refractivity contribution in [2.24, 2.45) is 0 Å². The fraction of sp³-hybridized carbons (Fsp3) is 0.333. The molecule has 1 atom stereocenters. The molecule has 1 aliphatic rings. The highest BCUT2D eigenvalue weighted by Crippen LogP contribution is 2.29. The van der Waals surface area contributed by atoms with E-state index >= 15 is 0 Å². The summed E-state index contributed by atoms with van der Waals surface area (Å²) in [5, 5.41) is 11.8. The molecule has 1 aliphatic heterocycles. The summed E-state index contributed by atoms with van der Waals surface area (Å²) in [6.45, 7) is 0.924. The first-order chi connectivity index (χ1) is 7.34. The smallest absolute Gasteiger partial charge is 0.303 e. The minimum atomic E-state index is -0.255. The molecule has 0 saturated heterocycles. The lowest BCUT2D eigenvalue weighted by atomic mass is 10.0. The van der Waals surface area contributed by atoms with Gasteiger partial charge in [0, 0.05) is 11.4 Å². The molecule has 3 rings (SSSR count).